The van der Waals surface area contributed by atoms with Gasteiger partial charge in [0.05, 0.1) is 0 Å². The monoisotopic (exact) mass is 836 g/mol. The van der Waals surface area contributed by atoms with Crippen molar-refractivity contribution in [2.24, 2.45) is 35.5 Å². The first-order valence-corrected chi connectivity index (χ1v) is 19.4. The Balaban J connectivity index is 1.20. The van der Waals surface area contributed by atoms with E-state index in [1.165, 1.54) is 0 Å². The molecule has 0 aromatic heterocycles. The van der Waals surface area contributed by atoms with Crippen molar-refractivity contribution >= 4 is 147 Å². The fourth-order valence-electron chi connectivity index (χ4n) is 6.25. The van der Waals surface area contributed by atoms with E-state index < -0.39 is 33.3 Å². The number of rotatable bonds is 18. The summed E-state index contributed by atoms with van der Waals surface area (Å²) in [6.45, 7) is 0. The first kappa shape index (κ1) is 36.2. The fraction of sp³-hybridized carbons (Fsp3) is 1.00. The van der Waals surface area contributed by atoms with Gasteiger partial charge in [-0.25, -0.2) is 0 Å². The molecule has 6 unspecified atom stereocenters. The molecule has 0 N–H and O–H groups in total. The van der Waals surface area contributed by atoms with E-state index in [0.29, 0.717) is 77.0 Å². The zero-order chi connectivity index (χ0) is 31.4. The average Bonchev–Trinajstić information content (AvgIpc) is 3.72. The summed E-state index contributed by atoms with van der Waals surface area (Å²) < 4.78 is 15.4. The average molecular weight is 842 g/mol. The van der Waals surface area contributed by atoms with E-state index in [1.807, 2.05) is 0 Å². The molecule has 0 aromatic rings. The lowest BCUT2D eigenvalue weighted by Crippen LogP contribution is -2.40. The summed E-state index contributed by atoms with van der Waals surface area (Å²) in [6.07, 6.45) is 6.81. The molecule has 0 heterocycles. The highest BCUT2D eigenvalue weighted by Crippen LogP contribution is 2.62. The molecule has 6 fully saturated rings. The smallest absolute Gasteiger partial charge is 0.383 e. The molecule has 6 aliphatic carbocycles. The highest BCUT2D eigenvalue weighted by molar-refractivity contribution is 6.53. The third kappa shape index (κ3) is 9.81. The Morgan fingerprint density at radius 1 is 0.372 bits per heavy atom. The van der Waals surface area contributed by atoms with E-state index in [-0.39, 0.29) is 53.8 Å². The van der Waals surface area contributed by atoms with Gasteiger partial charge in [-0.2, -0.15) is 0 Å². The maximum atomic E-state index is 6.67. The van der Waals surface area contributed by atoms with Crippen LogP contribution in [-0.2, 0) is 14.0 Å². The van der Waals surface area contributed by atoms with Crippen LogP contribution in [0, 0.1) is 35.5 Å². The second-order valence-electron chi connectivity index (χ2n) is 13.9. The van der Waals surface area contributed by atoms with Crippen LogP contribution in [0.2, 0.25) is 0 Å². The van der Waals surface area contributed by atoms with Gasteiger partial charge < -0.3 is 14.0 Å². The van der Waals surface area contributed by atoms with E-state index in [0.717, 1.165) is 0 Å². The van der Waals surface area contributed by atoms with Gasteiger partial charge >= 0.3 is 7.32 Å². The first-order valence-electron chi connectivity index (χ1n) is 14.9. The van der Waals surface area contributed by atoms with Gasteiger partial charge in [-0.3, -0.25) is 0 Å². The van der Waals surface area contributed by atoms with E-state index >= 15 is 0 Å². The zero-order valence-electron chi connectivity index (χ0n) is 23.0. The van der Waals surface area contributed by atoms with Gasteiger partial charge in [-0.15, -0.1) is 139 Å². The van der Waals surface area contributed by atoms with Crippen LogP contribution in [0.4, 0.5) is 0 Å². The predicted molar refractivity (Wildman–Crippen MR) is 183 cm³/mol. The van der Waals surface area contributed by atoms with E-state index in [1.54, 1.807) is 0 Å². The molecule has 6 saturated carbocycles. The minimum atomic E-state index is -1.05. The molecule has 0 saturated heterocycles. The molecule has 0 spiro atoms. The Bertz CT molecular complexity index is 860. The fourth-order valence-corrected chi connectivity index (χ4v) is 9.55. The Labute approximate surface area is 314 Å². The molecule has 0 aromatic carbocycles. The number of alkyl halides is 12. The summed E-state index contributed by atoms with van der Waals surface area (Å²) in [5.41, 5.74) is 0. The van der Waals surface area contributed by atoms with Crippen LogP contribution in [0.25, 0.3) is 0 Å². The molecule has 0 radical (unpaired) electrons. The van der Waals surface area contributed by atoms with E-state index in [4.69, 9.17) is 153 Å². The number of hydrogen-bond donors (Lipinski definition) is 0. The van der Waals surface area contributed by atoms with Crippen molar-refractivity contribution in [2.45, 2.75) is 121 Å². The van der Waals surface area contributed by atoms with Crippen molar-refractivity contribution in [2.75, 3.05) is 0 Å². The summed E-state index contributed by atoms with van der Waals surface area (Å²) in [5, 5.41) is 0. The second kappa shape index (κ2) is 12.6. The molecule has 3 nitrogen and oxygen atoms in total. The minimum Gasteiger partial charge on any atom is -0.383 e. The molecule has 0 amide bonds. The lowest BCUT2D eigenvalue weighted by molar-refractivity contribution is -0.0106. The summed E-state index contributed by atoms with van der Waals surface area (Å²) in [4.78, 5) is 0. The highest BCUT2D eigenvalue weighted by Gasteiger charge is 2.59. The molecule has 246 valence electrons. The summed E-state index contributed by atoms with van der Waals surface area (Å²) in [6, 6.07) is 0. The second-order valence-corrected chi connectivity index (χ2v) is 23.2. The third-order valence-electron chi connectivity index (χ3n) is 9.93. The van der Waals surface area contributed by atoms with Crippen molar-refractivity contribution in [3.05, 3.63) is 0 Å². The molecule has 0 aliphatic heterocycles. The maximum absolute atomic E-state index is 6.67. The molecule has 6 aliphatic rings. The topological polar surface area (TPSA) is 27.7 Å². The van der Waals surface area contributed by atoms with Crippen LogP contribution in [0.3, 0.4) is 0 Å². The van der Waals surface area contributed by atoms with Crippen LogP contribution < -0.4 is 0 Å². The van der Waals surface area contributed by atoms with Crippen LogP contribution in [-0.4, -0.2) is 51.6 Å². The van der Waals surface area contributed by atoms with Gasteiger partial charge in [0.1, 0.15) is 26.0 Å². The standard InChI is InChI=1S/C27H33BCl12O3/c29-22(30)7-13(22)1-19(2-14-8-23(14,31)32)41-28(42-20(3-15-9-24(15,33)34)4-16-10-25(16,35)36)43-21(5-17-11-26(17,37)38)6-18-12-27(18,39)40/h13-21H,1-12H2. The van der Waals surface area contributed by atoms with Crippen molar-refractivity contribution in [1.29, 1.82) is 0 Å². The third-order valence-corrected chi connectivity index (χ3v) is 15.5. The first-order chi connectivity index (χ1) is 19.7. The SMILES string of the molecule is ClC1(Cl)CC1CC(CC1CC1(Cl)Cl)OB(OC(CC1CC1(Cl)Cl)CC1CC1(Cl)Cl)OC(CC1CC1(Cl)Cl)CC1CC1(Cl)Cl. The highest BCUT2D eigenvalue weighted by atomic mass is 35.6. The van der Waals surface area contributed by atoms with Crippen LogP contribution >= 0.6 is 139 Å². The van der Waals surface area contributed by atoms with Crippen LogP contribution in [0.1, 0.15) is 77.0 Å². The molecule has 16 heteroatoms. The summed E-state index contributed by atoms with van der Waals surface area (Å²) in [7, 11) is -1.05. The molecular formula is C27H33BCl12O3. The molecular weight excluding hydrogens is 809 g/mol. The molecule has 6 atom stereocenters. The van der Waals surface area contributed by atoms with Gasteiger partial charge in [0.2, 0.25) is 0 Å². The quantitative estimate of drug-likeness (QED) is 0.102. The van der Waals surface area contributed by atoms with E-state index in [9.17, 15) is 0 Å². The Kier molecular flexibility index (Phi) is 10.6. The lowest BCUT2D eigenvalue weighted by Gasteiger charge is -2.30. The summed E-state index contributed by atoms with van der Waals surface area (Å²) in [5.74, 6) is 0.445. The largest absolute Gasteiger partial charge is 0.640 e. The predicted octanol–water partition coefficient (Wildman–Crippen LogP) is 11.6. The molecule has 43 heavy (non-hydrogen) atoms. The van der Waals surface area contributed by atoms with Crippen molar-refractivity contribution < 1.29 is 14.0 Å². The Morgan fingerprint density at radius 2 is 0.512 bits per heavy atom. The maximum Gasteiger partial charge on any atom is 0.640 e. The zero-order valence-corrected chi connectivity index (χ0v) is 32.1. The van der Waals surface area contributed by atoms with E-state index in [2.05, 4.69) is 0 Å². The van der Waals surface area contributed by atoms with Gasteiger partial charge in [-0.1, -0.05) is 0 Å². The molecule has 0 bridgehead atoms. The van der Waals surface area contributed by atoms with Crippen LogP contribution in [0.15, 0.2) is 0 Å². The van der Waals surface area contributed by atoms with Gasteiger partial charge in [0.15, 0.2) is 0 Å². The number of hydrogen-bond acceptors (Lipinski definition) is 3. The molecule has 6 rings (SSSR count). The van der Waals surface area contributed by atoms with Crippen molar-refractivity contribution in [1.82, 2.24) is 0 Å². The Hall–Kier alpha value is 3.42. The van der Waals surface area contributed by atoms with Crippen LogP contribution in [0.5, 0.6) is 0 Å². The normalized spacial score (nSPS) is 39.3. The lowest BCUT2D eigenvalue weighted by atomic mass is 10.00. The summed E-state index contributed by atoms with van der Waals surface area (Å²) >= 11 is 77.1. The van der Waals surface area contributed by atoms with Crippen molar-refractivity contribution in [3.63, 3.8) is 0 Å². The van der Waals surface area contributed by atoms with Gasteiger partial charge in [0.25, 0.3) is 0 Å². The minimum absolute atomic E-state index is 0.0742. The number of halogens is 12. The van der Waals surface area contributed by atoms with Gasteiger partial charge in [-0.05, 0) is 113 Å². The Morgan fingerprint density at radius 3 is 0.628 bits per heavy atom. The van der Waals surface area contributed by atoms with Crippen molar-refractivity contribution in [3.8, 4) is 0 Å². The van der Waals surface area contributed by atoms with Gasteiger partial charge in [0, 0.05) is 18.3 Å².